The van der Waals surface area contributed by atoms with Crippen molar-refractivity contribution in [2.24, 2.45) is 0 Å². The molecule has 5 nitrogen and oxygen atoms in total. The van der Waals surface area contributed by atoms with E-state index in [4.69, 9.17) is 5.11 Å². The molecular weight excluding hydrogens is 244 g/mol. The van der Waals surface area contributed by atoms with Gasteiger partial charge < -0.3 is 15.3 Å². The van der Waals surface area contributed by atoms with Crippen LogP contribution < -0.4 is 5.32 Å². The van der Waals surface area contributed by atoms with E-state index in [9.17, 15) is 9.59 Å². The molecule has 2 N–H and O–H groups in total. The highest BCUT2D eigenvalue weighted by Gasteiger charge is 2.18. The Morgan fingerprint density at radius 2 is 1.74 bits per heavy atom. The van der Waals surface area contributed by atoms with Gasteiger partial charge in [-0.3, -0.25) is 4.79 Å². The quantitative estimate of drug-likeness (QED) is 0.806. The number of amides is 2. The van der Waals surface area contributed by atoms with E-state index < -0.39 is 5.97 Å². The van der Waals surface area contributed by atoms with Crippen LogP contribution in [0.15, 0.2) is 0 Å². The molecule has 0 saturated heterocycles. The minimum Gasteiger partial charge on any atom is -0.481 e. The van der Waals surface area contributed by atoms with E-state index in [1.807, 2.05) is 6.92 Å². The molecule has 0 atom stereocenters. The monoisotopic (exact) mass is 270 g/mol. The van der Waals surface area contributed by atoms with Gasteiger partial charge in [-0.15, -0.1) is 0 Å². The smallest absolute Gasteiger partial charge is 0.317 e. The Balaban J connectivity index is 2.38. The van der Waals surface area contributed by atoms with E-state index >= 15 is 0 Å². The van der Waals surface area contributed by atoms with Gasteiger partial charge in [0.25, 0.3) is 0 Å². The molecule has 0 aromatic carbocycles. The molecule has 1 fully saturated rings. The third-order valence-electron chi connectivity index (χ3n) is 3.70. The standard InChI is InChI=1S/C14H26N2O3/c1-2-16(11-10-13(17)18)14(19)15-12-8-6-4-3-5-7-9-12/h12H,2-11H2,1H3,(H,15,19)(H,17,18). The second-order valence-corrected chi connectivity index (χ2v) is 5.21. The summed E-state index contributed by atoms with van der Waals surface area (Å²) in [6, 6.07) is 0.140. The number of urea groups is 1. The zero-order valence-corrected chi connectivity index (χ0v) is 11.9. The Kier molecular flexibility index (Phi) is 7.30. The number of aliphatic carboxylic acids is 1. The van der Waals surface area contributed by atoms with Gasteiger partial charge in [0.15, 0.2) is 0 Å². The van der Waals surface area contributed by atoms with Gasteiger partial charge in [-0.1, -0.05) is 32.1 Å². The Bertz CT molecular complexity index is 286. The van der Waals surface area contributed by atoms with Gasteiger partial charge in [0.2, 0.25) is 0 Å². The van der Waals surface area contributed by atoms with E-state index in [-0.39, 0.29) is 25.0 Å². The molecule has 1 saturated carbocycles. The fourth-order valence-corrected chi connectivity index (χ4v) is 2.50. The lowest BCUT2D eigenvalue weighted by atomic mass is 9.97. The van der Waals surface area contributed by atoms with E-state index in [0.29, 0.717) is 6.54 Å². The highest BCUT2D eigenvalue weighted by molar-refractivity contribution is 5.75. The van der Waals surface area contributed by atoms with Gasteiger partial charge >= 0.3 is 12.0 Å². The molecule has 5 heteroatoms. The summed E-state index contributed by atoms with van der Waals surface area (Å²) < 4.78 is 0. The maximum atomic E-state index is 12.1. The number of hydrogen-bond acceptors (Lipinski definition) is 2. The van der Waals surface area contributed by atoms with Crippen LogP contribution in [0.2, 0.25) is 0 Å². The largest absolute Gasteiger partial charge is 0.481 e. The summed E-state index contributed by atoms with van der Waals surface area (Å²) in [5.41, 5.74) is 0. The second-order valence-electron chi connectivity index (χ2n) is 5.21. The molecule has 0 unspecified atom stereocenters. The van der Waals surface area contributed by atoms with Crippen molar-refractivity contribution in [2.45, 2.75) is 64.3 Å². The van der Waals surface area contributed by atoms with Crippen LogP contribution in [0, 0.1) is 0 Å². The predicted molar refractivity (Wildman–Crippen MR) is 74.1 cm³/mol. The lowest BCUT2D eigenvalue weighted by molar-refractivity contribution is -0.137. The Labute approximate surface area is 115 Å². The molecule has 1 aliphatic rings. The fourth-order valence-electron chi connectivity index (χ4n) is 2.50. The van der Waals surface area contributed by atoms with Crippen LogP contribution >= 0.6 is 0 Å². The normalized spacial score (nSPS) is 17.3. The molecule has 0 aromatic rings. The number of nitrogens with one attached hydrogen (secondary N) is 1. The number of carbonyl (C=O) groups is 2. The van der Waals surface area contributed by atoms with Crippen LogP contribution in [0.5, 0.6) is 0 Å². The third kappa shape index (κ3) is 6.45. The molecule has 110 valence electrons. The molecule has 2 amide bonds. The Morgan fingerprint density at radius 3 is 2.26 bits per heavy atom. The summed E-state index contributed by atoms with van der Waals surface area (Å²) in [5, 5.41) is 11.7. The van der Waals surface area contributed by atoms with Crippen LogP contribution in [0.1, 0.15) is 58.3 Å². The van der Waals surface area contributed by atoms with Crippen molar-refractivity contribution >= 4 is 12.0 Å². The van der Waals surface area contributed by atoms with Gasteiger partial charge in [-0.2, -0.15) is 0 Å². The minimum atomic E-state index is -0.864. The number of rotatable bonds is 5. The summed E-state index contributed by atoms with van der Waals surface area (Å²) in [7, 11) is 0. The molecule has 0 heterocycles. The van der Waals surface area contributed by atoms with Crippen LogP contribution in [0.4, 0.5) is 4.79 Å². The first kappa shape index (κ1) is 15.8. The molecule has 0 bridgehead atoms. The average molecular weight is 270 g/mol. The summed E-state index contributed by atoms with van der Waals surface area (Å²) in [6.45, 7) is 2.70. The van der Waals surface area contributed by atoms with Crippen molar-refractivity contribution < 1.29 is 14.7 Å². The first-order valence-electron chi connectivity index (χ1n) is 7.40. The van der Waals surface area contributed by atoms with Gasteiger partial charge in [0.1, 0.15) is 0 Å². The summed E-state index contributed by atoms with van der Waals surface area (Å²) in [5.74, 6) is -0.864. The highest BCUT2D eigenvalue weighted by atomic mass is 16.4. The van der Waals surface area contributed by atoms with Crippen molar-refractivity contribution in [3.63, 3.8) is 0 Å². The van der Waals surface area contributed by atoms with E-state index in [0.717, 1.165) is 12.8 Å². The first-order chi connectivity index (χ1) is 9.13. The third-order valence-corrected chi connectivity index (χ3v) is 3.70. The number of hydrogen-bond donors (Lipinski definition) is 2. The molecular formula is C14H26N2O3. The summed E-state index contributed by atoms with van der Waals surface area (Å²) in [4.78, 5) is 24.2. The number of carbonyl (C=O) groups excluding carboxylic acids is 1. The number of carboxylic acid groups (broad SMARTS) is 1. The van der Waals surface area contributed by atoms with Gasteiger partial charge in [0.05, 0.1) is 6.42 Å². The van der Waals surface area contributed by atoms with Crippen molar-refractivity contribution in [2.75, 3.05) is 13.1 Å². The summed E-state index contributed by atoms with van der Waals surface area (Å²) >= 11 is 0. The van der Waals surface area contributed by atoms with E-state index in [1.165, 1.54) is 32.1 Å². The highest BCUT2D eigenvalue weighted by Crippen LogP contribution is 2.17. The summed E-state index contributed by atoms with van der Waals surface area (Å²) in [6.07, 6.45) is 8.25. The molecule has 1 rings (SSSR count). The van der Waals surface area contributed by atoms with Crippen LogP contribution in [-0.4, -0.2) is 41.1 Å². The zero-order chi connectivity index (χ0) is 14.1. The molecule has 1 aliphatic carbocycles. The Morgan fingerprint density at radius 1 is 1.16 bits per heavy atom. The van der Waals surface area contributed by atoms with Gasteiger partial charge in [-0.05, 0) is 19.8 Å². The SMILES string of the molecule is CCN(CCC(=O)O)C(=O)NC1CCCCCCC1. The minimum absolute atomic E-state index is 0.00588. The molecule has 0 radical (unpaired) electrons. The van der Waals surface area contributed by atoms with Crippen LogP contribution in [0.25, 0.3) is 0 Å². The Hall–Kier alpha value is -1.26. The van der Waals surface area contributed by atoms with Gasteiger partial charge in [-0.25, -0.2) is 4.79 Å². The zero-order valence-electron chi connectivity index (χ0n) is 11.9. The van der Waals surface area contributed by atoms with Crippen LogP contribution in [-0.2, 0) is 4.79 Å². The maximum absolute atomic E-state index is 12.1. The van der Waals surface area contributed by atoms with E-state index in [2.05, 4.69) is 5.32 Å². The molecule has 0 aromatic heterocycles. The van der Waals surface area contributed by atoms with Crippen molar-refractivity contribution in [3.05, 3.63) is 0 Å². The first-order valence-corrected chi connectivity index (χ1v) is 7.40. The van der Waals surface area contributed by atoms with Crippen LogP contribution in [0.3, 0.4) is 0 Å². The van der Waals surface area contributed by atoms with Crippen molar-refractivity contribution in [1.82, 2.24) is 10.2 Å². The number of nitrogens with zero attached hydrogens (tertiary/aromatic N) is 1. The fraction of sp³-hybridized carbons (Fsp3) is 0.857. The lowest BCUT2D eigenvalue weighted by Gasteiger charge is -2.26. The second kappa shape index (κ2) is 8.77. The predicted octanol–water partition coefficient (Wildman–Crippen LogP) is 2.61. The maximum Gasteiger partial charge on any atom is 0.317 e. The van der Waals surface area contributed by atoms with Gasteiger partial charge in [0, 0.05) is 19.1 Å². The molecule has 19 heavy (non-hydrogen) atoms. The average Bonchev–Trinajstić information content (AvgIpc) is 2.32. The lowest BCUT2D eigenvalue weighted by Crippen LogP contribution is -2.45. The van der Waals surface area contributed by atoms with Crippen molar-refractivity contribution in [1.29, 1.82) is 0 Å². The topological polar surface area (TPSA) is 69.6 Å². The number of carboxylic acids is 1. The molecule has 0 spiro atoms. The van der Waals surface area contributed by atoms with E-state index in [1.54, 1.807) is 4.90 Å². The van der Waals surface area contributed by atoms with Crippen molar-refractivity contribution in [3.8, 4) is 0 Å². The molecule has 0 aliphatic heterocycles.